The zero-order valence-electron chi connectivity index (χ0n) is 9.98. The molecule has 0 nitrogen and oxygen atoms in total. The summed E-state index contributed by atoms with van der Waals surface area (Å²) < 4.78 is 0. The van der Waals surface area contributed by atoms with E-state index in [0.717, 1.165) is 0 Å². The Morgan fingerprint density at radius 2 is 1.62 bits per heavy atom. The lowest BCUT2D eigenvalue weighted by molar-refractivity contribution is 0.940. The van der Waals surface area contributed by atoms with Gasteiger partial charge in [0.25, 0.3) is 0 Å². The van der Waals surface area contributed by atoms with E-state index in [9.17, 15) is 0 Å². The van der Waals surface area contributed by atoms with Gasteiger partial charge in [0.05, 0.1) is 0 Å². The van der Waals surface area contributed by atoms with Crippen LogP contribution in [0.3, 0.4) is 0 Å². The van der Waals surface area contributed by atoms with Gasteiger partial charge in [-0.1, -0.05) is 41.0 Å². The summed E-state index contributed by atoms with van der Waals surface area (Å²) >= 11 is 1.91. The van der Waals surface area contributed by atoms with Crippen molar-refractivity contribution in [2.24, 2.45) is 0 Å². The third-order valence-corrected chi connectivity index (χ3v) is 2.35. The van der Waals surface area contributed by atoms with E-state index in [1.165, 1.54) is 22.6 Å². The fourth-order valence-corrected chi connectivity index (χ4v) is 1.86. The van der Waals surface area contributed by atoms with Crippen LogP contribution in [0.2, 0.25) is 0 Å². The van der Waals surface area contributed by atoms with E-state index >= 15 is 0 Å². The molecule has 1 heterocycles. The van der Waals surface area contributed by atoms with Crippen LogP contribution in [0.1, 0.15) is 50.8 Å². The zero-order chi connectivity index (χ0) is 10.7. The molecule has 0 radical (unpaired) electrons. The maximum absolute atomic E-state index is 2.23. The minimum absolute atomic E-state index is 1.25. The Hall–Kier alpha value is -0.300. The molecule has 0 saturated carbocycles. The Balaban J connectivity index is 0. The van der Waals surface area contributed by atoms with Gasteiger partial charge >= 0.3 is 0 Å². The molecule has 0 atom stereocenters. The summed E-state index contributed by atoms with van der Waals surface area (Å²) in [7, 11) is 0. The first-order valence-corrected chi connectivity index (χ1v) is 6.20. The van der Waals surface area contributed by atoms with E-state index in [2.05, 4.69) is 26.0 Å². The second kappa shape index (κ2) is 11.7. The fraction of sp³-hybridized carbons (Fsp3) is 0.667. The van der Waals surface area contributed by atoms with E-state index in [1.54, 1.807) is 0 Å². The molecule has 0 aliphatic rings. The molecule has 1 aromatic heterocycles. The van der Waals surface area contributed by atoms with Gasteiger partial charge in [-0.25, -0.2) is 0 Å². The SMILES string of the molecule is CC.CC.CCCc1ccc(C)s1. The first-order valence-electron chi connectivity index (χ1n) is 5.38. The highest BCUT2D eigenvalue weighted by Gasteiger charge is 1.92. The second-order valence-corrected chi connectivity index (χ2v) is 3.63. The van der Waals surface area contributed by atoms with Crippen molar-refractivity contribution in [2.45, 2.75) is 54.4 Å². The summed E-state index contributed by atoms with van der Waals surface area (Å²) in [4.78, 5) is 2.95. The largest absolute Gasteiger partial charge is 0.146 e. The molecule has 0 amide bonds. The van der Waals surface area contributed by atoms with Gasteiger partial charge in [-0.05, 0) is 25.5 Å². The molecule has 0 spiro atoms. The van der Waals surface area contributed by atoms with Gasteiger partial charge in [0, 0.05) is 9.75 Å². The van der Waals surface area contributed by atoms with Crippen molar-refractivity contribution in [3.05, 3.63) is 21.9 Å². The number of hydrogen-bond acceptors (Lipinski definition) is 1. The molecule has 0 bridgehead atoms. The van der Waals surface area contributed by atoms with Crippen LogP contribution in [0.15, 0.2) is 12.1 Å². The van der Waals surface area contributed by atoms with E-state index < -0.39 is 0 Å². The fourth-order valence-electron chi connectivity index (χ4n) is 0.866. The van der Waals surface area contributed by atoms with Crippen molar-refractivity contribution < 1.29 is 0 Å². The number of aryl methyl sites for hydroxylation is 2. The van der Waals surface area contributed by atoms with Crippen LogP contribution < -0.4 is 0 Å². The Kier molecular flexibility index (Phi) is 13.7. The van der Waals surface area contributed by atoms with Crippen LogP contribution in [-0.2, 0) is 6.42 Å². The molecule has 0 aliphatic heterocycles. The molecule has 78 valence electrons. The quantitative estimate of drug-likeness (QED) is 0.626. The molecule has 0 unspecified atom stereocenters. The third kappa shape index (κ3) is 8.04. The molecule has 0 fully saturated rings. The Bertz CT molecular complexity index is 177. The van der Waals surface area contributed by atoms with Gasteiger partial charge in [0.15, 0.2) is 0 Å². The minimum atomic E-state index is 1.25. The first-order chi connectivity index (χ1) is 6.33. The van der Waals surface area contributed by atoms with Crippen molar-refractivity contribution >= 4 is 11.3 Å². The summed E-state index contributed by atoms with van der Waals surface area (Å²) in [5, 5.41) is 0. The normalized spacial score (nSPS) is 7.85. The number of thiophene rings is 1. The molecule has 0 aliphatic carbocycles. The van der Waals surface area contributed by atoms with Gasteiger partial charge < -0.3 is 0 Å². The predicted octanol–water partition coefficient (Wildman–Crippen LogP) is 5.06. The zero-order valence-corrected chi connectivity index (χ0v) is 10.8. The maximum atomic E-state index is 2.23. The molecule has 1 heteroatoms. The van der Waals surface area contributed by atoms with Crippen molar-refractivity contribution in [3.63, 3.8) is 0 Å². The second-order valence-electron chi connectivity index (χ2n) is 2.26. The summed E-state index contributed by atoms with van der Waals surface area (Å²) in [6, 6.07) is 4.42. The highest BCUT2D eigenvalue weighted by Crippen LogP contribution is 2.15. The van der Waals surface area contributed by atoms with Crippen molar-refractivity contribution in [1.82, 2.24) is 0 Å². The summed E-state index contributed by atoms with van der Waals surface area (Å²) in [6.45, 7) is 12.4. The molecule has 1 rings (SSSR count). The van der Waals surface area contributed by atoms with Crippen LogP contribution in [0, 0.1) is 6.92 Å². The smallest absolute Gasteiger partial charge is 0.00479 e. The molecule has 0 aromatic carbocycles. The highest BCUT2D eigenvalue weighted by molar-refractivity contribution is 7.11. The van der Waals surface area contributed by atoms with Crippen molar-refractivity contribution in [2.75, 3.05) is 0 Å². The molecule has 0 saturated heterocycles. The van der Waals surface area contributed by atoms with E-state index in [4.69, 9.17) is 0 Å². The minimum Gasteiger partial charge on any atom is -0.146 e. The molecule has 1 aromatic rings. The standard InChI is InChI=1S/C8H12S.2C2H6/c1-3-4-8-6-5-7(2)9-8;2*1-2/h5-6H,3-4H2,1-2H3;2*1-2H3. The van der Waals surface area contributed by atoms with Crippen LogP contribution in [0.25, 0.3) is 0 Å². The van der Waals surface area contributed by atoms with E-state index in [1.807, 2.05) is 39.0 Å². The third-order valence-electron chi connectivity index (χ3n) is 1.29. The Morgan fingerprint density at radius 3 is 1.92 bits per heavy atom. The molecular weight excluding hydrogens is 176 g/mol. The monoisotopic (exact) mass is 200 g/mol. The van der Waals surface area contributed by atoms with Crippen LogP contribution in [-0.4, -0.2) is 0 Å². The molecule has 13 heavy (non-hydrogen) atoms. The van der Waals surface area contributed by atoms with Gasteiger partial charge in [0.1, 0.15) is 0 Å². The number of rotatable bonds is 2. The van der Waals surface area contributed by atoms with Crippen molar-refractivity contribution in [3.8, 4) is 0 Å². The summed E-state index contributed by atoms with van der Waals surface area (Å²) in [5.41, 5.74) is 0. The lowest BCUT2D eigenvalue weighted by Gasteiger charge is -1.86. The highest BCUT2D eigenvalue weighted by atomic mass is 32.1. The molecule has 0 N–H and O–H groups in total. The maximum Gasteiger partial charge on any atom is 0.00479 e. The topological polar surface area (TPSA) is 0 Å². The average Bonchev–Trinajstić information content (AvgIpc) is 2.59. The Labute approximate surface area is 88.0 Å². The van der Waals surface area contributed by atoms with Crippen LogP contribution in [0.4, 0.5) is 0 Å². The summed E-state index contributed by atoms with van der Waals surface area (Å²) in [5.74, 6) is 0. The average molecular weight is 200 g/mol. The van der Waals surface area contributed by atoms with E-state index in [0.29, 0.717) is 0 Å². The summed E-state index contributed by atoms with van der Waals surface area (Å²) in [6.07, 6.45) is 2.51. The lowest BCUT2D eigenvalue weighted by atomic mass is 10.3. The number of hydrogen-bond donors (Lipinski definition) is 0. The molecular formula is C12H24S. The van der Waals surface area contributed by atoms with Crippen LogP contribution >= 0.6 is 11.3 Å². The van der Waals surface area contributed by atoms with Gasteiger partial charge in [-0.15, -0.1) is 11.3 Å². The Morgan fingerprint density at radius 1 is 1.08 bits per heavy atom. The van der Waals surface area contributed by atoms with Gasteiger partial charge in [-0.2, -0.15) is 0 Å². The van der Waals surface area contributed by atoms with Crippen molar-refractivity contribution in [1.29, 1.82) is 0 Å². The van der Waals surface area contributed by atoms with Gasteiger partial charge in [0.2, 0.25) is 0 Å². The predicted molar refractivity (Wildman–Crippen MR) is 65.7 cm³/mol. The van der Waals surface area contributed by atoms with Crippen LogP contribution in [0.5, 0.6) is 0 Å². The van der Waals surface area contributed by atoms with Gasteiger partial charge in [-0.3, -0.25) is 0 Å². The lowest BCUT2D eigenvalue weighted by Crippen LogP contribution is -1.71. The first kappa shape index (κ1) is 15.2. The van der Waals surface area contributed by atoms with E-state index in [-0.39, 0.29) is 0 Å².